The molecule has 192 valence electrons. The fourth-order valence-electron chi connectivity index (χ4n) is 5.08. The summed E-state index contributed by atoms with van der Waals surface area (Å²) in [6, 6.07) is 11.9. The highest BCUT2D eigenvalue weighted by atomic mass is 19.4. The minimum absolute atomic E-state index is 0.00665. The van der Waals surface area contributed by atoms with Gasteiger partial charge < -0.3 is 19.3 Å². The highest BCUT2D eigenvalue weighted by Crippen LogP contribution is 2.42. The van der Waals surface area contributed by atoms with Crippen molar-refractivity contribution in [3.05, 3.63) is 54.2 Å². The van der Waals surface area contributed by atoms with Crippen molar-refractivity contribution < 1.29 is 32.3 Å². The fraction of sp³-hybridized carbons (Fsp3) is 0.440. The number of aliphatic carboxylic acids is 1. The second-order valence-electron chi connectivity index (χ2n) is 9.05. The van der Waals surface area contributed by atoms with Gasteiger partial charge >= 0.3 is 12.1 Å². The van der Waals surface area contributed by atoms with Crippen LogP contribution in [0.15, 0.2) is 47.1 Å². The molecule has 2 aromatic heterocycles. The van der Waals surface area contributed by atoms with Crippen LogP contribution in [0.2, 0.25) is 0 Å². The van der Waals surface area contributed by atoms with Gasteiger partial charge in [0.05, 0.1) is 5.52 Å². The number of carbonyl (C=O) groups excluding carboxylic acids is 1. The summed E-state index contributed by atoms with van der Waals surface area (Å²) in [5.74, 6) is -0.491. The summed E-state index contributed by atoms with van der Waals surface area (Å²) < 4.78 is 37.3. The van der Waals surface area contributed by atoms with Gasteiger partial charge in [0.25, 0.3) is 5.91 Å². The minimum atomic E-state index is -5.08. The predicted octanol–water partition coefficient (Wildman–Crippen LogP) is 4.83. The Balaban J connectivity index is 0.000000384. The van der Waals surface area contributed by atoms with Gasteiger partial charge in [0.2, 0.25) is 0 Å². The van der Waals surface area contributed by atoms with E-state index in [4.69, 9.17) is 19.3 Å². The summed E-state index contributed by atoms with van der Waals surface area (Å²) in [7, 11) is 0. The zero-order valence-corrected chi connectivity index (χ0v) is 19.8. The topological polar surface area (TPSA) is 99.8 Å². The predicted molar refractivity (Wildman–Crippen MR) is 126 cm³/mol. The first-order valence-electron chi connectivity index (χ1n) is 11.7. The van der Waals surface area contributed by atoms with E-state index in [0.717, 1.165) is 74.2 Å². The SMILES string of the molecule is Cc1ccc(C(=O)N2CCCC3(CCCN3c3ncnc4ccccc34)CC2)o1.O=C(O)C(F)(F)F. The number of para-hydroxylation sites is 1. The normalized spacial score (nSPS) is 20.2. The molecule has 1 amide bonds. The Hall–Kier alpha value is -3.63. The average Bonchev–Trinajstić information content (AvgIpc) is 3.40. The van der Waals surface area contributed by atoms with Crippen LogP contribution in [0.4, 0.5) is 19.0 Å². The van der Waals surface area contributed by atoms with E-state index in [9.17, 15) is 18.0 Å². The summed E-state index contributed by atoms with van der Waals surface area (Å²) in [6.45, 7) is 4.40. The van der Waals surface area contributed by atoms with E-state index in [1.54, 1.807) is 12.4 Å². The van der Waals surface area contributed by atoms with E-state index >= 15 is 0 Å². The van der Waals surface area contributed by atoms with Gasteiger partial charge in [0.1, 0.15) is 17.9 Å². The van der Waals surface area contributed by atoms with Crippen LogP contribution < -0.4 is 4.90 Å². The molecule has 5 rings (SSSR count). The van der Waals surface area contributed by atoms with Gasteiger partial charge in [-0.05, 0) is 63.3 Å². The van der Waals surface area contributed by atoms with Crippen LogP contribution in [-0.4, -0.2) is 63.2 Å². The third-order valence-electron chi connectivity index (χ3n) is 6.77. The summed E-state index contributed by atoms with van der Waals surface area (Å²) in [6.07, 6.45) is 1.92. The number of carboxylic acid groups (broad SMARTS) is 1. The van der Waals surface area contributed by atoms with E-state index in [0.29, 0.717) is 5.76 Å². The number of carboxylic acids is 1. The lowest BCUT2D eigenvalue weighted by molar-refractivity contribution is -0.192. The Labute approximate surface area is 205 Å². The molecule has 1 N–H and O–H groups in total. The Morgan fingerprint density at radius 1 is 1.00 bits per heavy atom. The zero-order chi connectivity index (χ0) is 25.9. The highest BCUT2D eigenvalue weighted by molar-refractivity contribution is 5.92. The van der Waals surface area contributed by atoms with Gasteiger partial charge in [0.15, 0.2) is 5.76 Å². The maximum absolute atomic E-state index is 12.9. The number of carbonyl (C=O) groups is 2. The van der Waals surface area contributed by atoms with E-state index in [1.807, 2.05) is 30.0 Å². The first kappa shape index (κ1) is 25.5. The summed E-state index contributed by atoms with van der Waals surface area (Å²) in [5, 5.41) is 8.24. The largest absolute Gasteiger partial charge is 0.490 e. The lowest BCUT2D eigenvalue weighted by Gasteiger charge is -2.39. The van der Waals surface area contributed by atoms with Crippen molar-refractivity contribution in [1.29, 1.82) is 0 Å². The van der Waals surface area contributed by atoms with Crippen LogP contribution in [-0.2, 0) is 4.79 Å². The van der Waals surface area contributed by atoms with Crippen molar-refractivity contribution in [3.8, 4) is 0 Å². The molecule has 2 fully saturated rings. The van der Waals surface area contributed by atoms with Gasteiger partial charge in [-0.25, -0.2) is 14.8 Å². The molecule has 1 aromatic carbocycles. The minimum Gasteiger partial charge on any atom is -0.475 e. The van der Waals surface area contributed by atoms with Crippen molar-refractivity contribution in [2.24, 2.45) is 0 Å². The number of aryl methyl sites for hydroxylation is 1. The Morgan fingerprint density at radius 3 is 2.36 bits per heavy atom. The molecule has 36 heavy (non-hydrogen) atoms. The maximum Gasteiger partial charge on any atom is 0.490 e. The number of aromatic nitrogens is 2. The number of alkyl halides is 3. The molecular formula is C25H27F3N4O4. The second kappa shape index (κ2) is 10.2. The molecule has 0 radical (unpaired) electrons. The third kappa shape index (κ3) is 5.29. The maximum atomic E-state index is 12.9. The highest BCUT2D eigenvalue weighted by Gasteiger charge is 2.43. The second-order valence-corrected chi connectivity index (χ2v) is 9.05. The van der Waals surface area contributed by atoms with Crippen molar-refractivity contribution in [3.63, 3.8) is 0 Å². The Morgan fingerprint density at radius 2 is 1.69 bits per heavy atom. The molecule has 0 saturated carbocycles. The molecule has 1 spiro atoms. The number of likely N-dealkylation sites (tertiary alicyclic amines) is 1. The van der Waals surface area contributed by atoms with E-state index in [-0.39, 0.29) is 11.4 Å². The van der Waals surface area contributed by atoms with Crippen LogP contribution in [0.25, 0.3) is 10.9 Å². The summed E-state index contributed by atoms with van der Waals surface area (Å²) in [4.78, 5) is 35.4. The van der Waals surface area contributed by atoms with E-state index in [2.05, 4.69) is 22.0 Å². The van der Waals surface area contributed by atoms with Gasteiger partial charge in [0, 0.05) is 30.6 Å². The number of benzene rings is 1. The molecule has 1 atom stereocenters. The number of halogens is 3. The van der Waals surface area contributed by atoms with E-state index in [1.165, 1.54) is 0 Å². The number of hydrogen-bond donors (Lipinski definition) is 1. The first-order valence-corrected chi connectivity index (χ1v) is 11.7. The molecule has 0 bridgehead atoms. The van der Waals surface area contributed by atoms with Crippen LogP contribution in [0, 0.1) is 6.92 Å². The number of hydrogen-bond acceptors (Lipinski definition) is 6. The van der Waals surface area contributed by atoms with Gasteiger partial charge in [-0.2, -0.15) is 13.2 Å². The third-order valence-corrected chi connectivity index (χ3v) is 6.77. The molecule has 11 heteroatoms. The first-order chi connectivity index (χ1) is 17.1. The van der Waals surface area contributed by atoms with Crippen LogP contribution in [0.3, 0.4) is 0 Å². The van der Waals surface area contributed by atoms with E-state index < -0.39 is 12.1 Å². The number of fused-ring (bicyclic) bond motifs is 1. The lowest BCUT2D eigenvalue weighted by Crippen LogP contribution is -2.45. The van der Waals surface area contributed by atoms with Gasteiger partial charge in [-0.3, -0.25) is 4.79 Å². The van der Waals surface area contributed by atoms with Crippen molar-refractivity contribution >= 4 is 28.6 Å². The molecular weight excluding hydrogens is 477 g/mol. The molecule has 8 nitrogen and oxygen atoms in total. The molecule has 2 saturated heterocycles. The quantitative estimate of drug-likeness (QED) is 0.534. The van der Waals surface area contributed by atoms with Gasteiger partial charge in [-0.15, -0.1) is 0 Å². The number of rotatable bonds is 2. The lowest BCUT2D eigenvalue weighted by atomic mass is 9.87. The number of furan rings is 1. The van der Waals surface area contributed by atoms with Crippen LogP contribution >= 0.6 is 0 Å². The fourth-order valence-corrected chi connectivity index (χ4v) is 5.08. The number of anilines is 1. The molecule has 3 aromatic rings. The Bertz CT molecular complexity index is 1240. The number of amides is 1. The smallest absolute Gasteiger partial charge is 0.475 e. The van der Waals surface area contributed by atoms with Gasteiger partial charge in [-0.1, -0.05) is 12.1 Å². The monoisotopic (exact) mass is 504 g/mol. The standard InChI is InChI=1S/C23H26N4O2.C2HF3O2/c1-17-8-9-20(29-17)22(28)26-13-4-10-23(12-15-26)11-5-14-27(23)21-18-6-2-3-7-19(18)24-16-25-21;3-2(4,5)1(6)7/h2-3,6-9,16H,4-5,10-15H2,1H3;(H,6,7). The molecule has 0 aliphatic carbocycles. The molecule has 2 aliphatic heterocycles. The Kier molecular flexibility index (Phi) is 7.18. The molecule has 1 unspecified atom stereocenters. The molecule has 4 heterocycles. The summed E-state index contributed by atoms with van der Waals surface area (Å²) >= 11 is 0. The van der Waals surface area contributed by atoms with Crippen molar-refractivity contribution in [2.45, 2.75) is 50.7 Å². The molecule has 2 aliphatic rings. The average molecular weight is 505 g/mol. The van der Waals surface area contributed by atoms with Crippen LogP contribution in [0.5, 0.6) is 0 Å². The zero-order valence-electron chi connectivity index (χ0n) is 19.8. The summed E-state index contributed by atoms with van der Waals surface area (Å²) in [5.41, 5.74) is 1.05. The van der Waals surface area contributed by atoms with Crippen molar-refractivity contribution in [1.82, 2.24) is 14.9 Å². The van der Waals surface area contributed by atoms with Crippen LogP contribution in [0.1, 0.15) is 48.4 Å². The van der Waals surface area contributed by atoms with Crippen molar-refractivity contribution in [2.75, 3.05) is 24.5 Å². The number of nitrogens with zero attached hydrogens (tertiary/aromatic N) is 4.